The van der Waals surface area contributed by atoms with Gasteiger partial charge in [0.1, 0.15) is 0 Å². The number of piperazine rings is 1. The van der Waals surface area contributed by atoms with Gasteiger partial charge in [0.05, 0.1) is 5.75 Å². The smallest absolute Gasteiger partial charge is 0.253 e. The van der Waals surface area contributed by atoms with E-state index in [0.717, 1.165) is 17.0 Å². The first-order valence-electron chi connectivity index (χ1n) is 10.2. The fourth-order valence-electron chi connectivity index (χ4n) is 3.43. The van der Waals surface area contributed by atoms with Crippen molar-refractivity contribution in [1.29, 1.82) is 0 Å². The number of aromatic nitrogens is 4. The monoisotopic (exact) mass is 472 g/mol. The molecule has 0 unspecified atom stereocenters. The van der Waals surface area contributed by atoms with Gasteiger partial charge in [-0.2, -0.15) is 9.29 Å². The summed E-state index contributed by atoms with van der Waals surface area (Å²) < 4.78 is 28.2. The molecule has 1 fully saturated rings. The quantitative estimate of drug-likeness (QED) is 0.506. The van der Waals surface area contributed by atoms with Crippen LogP contribution in [0, 0.1) is 13.8 Å². The summed E-state index contributed by atoms with van der Waals surface area (Å²) in [4.78, 5) is 23.0. The van der Waals surface area contributed by atoms with Gasteiger partial charge in [-0.25, -0.2) is 17.9 Å². The number of amides is 1. The van der Waals surface area contributed by atoms with Crippen LogP contribution >= 0.6 is 11.8 Å². The molecule has 32 heavy (non-hydrogen) atoms. The molecule has 0 saturated carbocycles. The Bertz CT molecular complexity index is 1250. The number of carbonyl (C=O) groups excluding carboxylic acids is 1. The van der Waals surface area contributed by atoms with Crippen LogP contribution < -0.4 is 0 Å². The third-order valence-electron chi connectivity index (χ3n) is 5.11. The van der Waals surface area contributed by atoms with Gasteiger partial charge < -0.3 is 4.90 Å². The number of benzene rings is 1. The second kappa shape index (κ2) is 9.39. The molecular formula is C21H24N6O3S2. The second-order valence-corrected chi connectivity index (χ2v) is 10.2. The lowest BCUT2D eigenvalue weighted by Gasteiger charge is -2.33. The number of carbonyl (C=O) groups is 1. The summed E-state index contributed by atoms with van der Waals surface area (Å²) in [5.74, 6) is 0.640. The van der Waals surface area contributed by atoms with Crippen molar-refractivity contribution in [3.05, 3.63) is 58.8 Å². The summed E-state index contributed by atoms with van der Waals surface area (Å²) in [6.45, 7) is 5.08. The third kappa shape index (κ3) is 5.17. The van der Waals surface area contributed by atoms with Gasteiger partial charge >= 0.3 is 0 Å². The lowest BCUT2D eigenvalue weighted by molar-refractivity contribution is -0.129. The van der Waals surface area contributed by atoms with E-state index in [1.54, 1.807) is 15.5 Å². The number of rotatable bonds is 6. The highest BCUT2D eigenvalue weighted by Gasteiger charge is 2.27. The van der Waals surface area contributed by atoms with E-state index in [4.69, 9.17) is 0 Å². The third-order valence-corrected chi connectivity index (χ3v) is 7.49. The number of sulfonamides is 1. The van der Waals surface area contributed by atoms with Crippen LogP contribution in [-0.4, -0.2) is 75.0 Å². The first kappa shape index (κ1) is 22.4. The molecule has 168 valence electrons. The summed E-state index contributed by atoms with van der Waals surface area (Å²) in [5, 5.41) is 6.12. The molecule has 11 heteroatoms. The van der Waals surface area contributed by atoms with Crippen LogP contribution in [0.1, 0.15) is 17.0 Å². The standard InChI is InChI=1S/C21H24N6O3S2/c1-16-14-17(2)27-20(22-16)23-21(24-27)31-15-19(28)25-9-11-26(12-10-25)32(29,30)13-8-18-6-4-3-5-7-18/h3-8,13-14H,9-12,15H2,1-2H3. The highest BCUT2D eigenvalue weighted by atomic mass is 32.2. The summed E-state index contributed by atoms with van der Waals surface area (Å²) in [6, 6.07) is 11.2. The topological polar surface area (TPSA) is 101 Å². The van der Waals surface area contributed by atoms with E-state index in [-0.39, 0.29) is 24.7 Å². The van der Waals surface area contributed by atoms with E-state index in [1.165, 1.54) is 21.5 Å². The van der Waals surface area contributed by atoms with Crippen molar-refractivity contribution in [3.8, 4) is 0 Å². The largest absolute Gasteiger partial charge is 0.339 e. The Hall–Kier alpha value is -2.76. The van der Waals surface area contributed by atoms with Gasteiger partial charge in [0, 0.05) is 43.0 Å². The van der Waals surface area contributed by atoms with Gasteiger partial charge in [-0.1, -0.05) is 42.1 Å². The molecule has 3 aromatic rings. The second-order valence-electron chi connectivity index (χ2n) is 7.47. The molecule has 0 atom stereocenters. The Labute approximate surface area is 191 Å². The maximum atomic E-state index is 12.6. The van der Waals surface area contributed by atoms with E-state index >= 15 is 0 Å². The Balaban J connectivity index is 1.31. The lowest BCUT2D eigenvalue weighted by Crippen LogP contribution is -2.50. The fourth-order valence-corrected chi connectivity index (χ4v) is 5.33. The highest BCUT2D eigenvalue weighted by Crippen LogP contribution is 2.17. The van der Waals surface area contributed by atoms with Crippen molar-refractivity contribution in [1.82, 2.24) is 28.8 Å². The van der Waals surface area contributed by atoms with Gasteiger partial charge in [-0.3, -0.25) is 4.79 Å². The molecule has 2 aromatic heterocycles. The summed E-state index contributed by atoms with van der Waals surface area (Å²) in [5.41, 5.74) is 2.61. The maximum Gasteiger partial charge on any atom is 0.253 e. The minimum absolute atomic E-state index is 0.0633. The number of fused-ring (bicyclic) bond motifs is 1. The molecule has 1 aromatic carbocycles. The fraction of sp³-hybridized carbons (Fsp3) is 0.333. The van der Waals surface area contributed by atoms with E-state index in [1.807, 2.05) is 50.2 Å². The van der Waals surface area contributed by atoms with Crippen molar-refractivity contribution < 1.29 is 13.2 Å². The molecular weight excluding hydrogens is 448 g/mol. The van der Waals surface area contributed by atoms with Crippen LogP contribution in [0.3, 0.4) is 0 Å². The van der Waals surface area contributed by atoms with E-state index in [9.17, 15) is 13.2 Å². The predicted molar refractivity (Wildman–Crippen MR) is 124 cm³/mol. The van der Waals surface area contributed by atoms with Gasteiger partial charge in [0.25, 0.3) is 5.78 Å². The van der Waals surface area contributed by atoms with Gasteiger partial charge in [-0.05, 0) is 31.6 Å². The maximum absolute atomic E-state index is 12.6. The zero-order valence-electron chi connectivity index (χ0n) is 17.9. The number of thioether (sulfide) groups is 1. The highest BCUT2D eigenvalue weighted by molar-refractivity contribution is 7.99. The molecule has 1 aliphatic rings. The molecule has 1 saturated heterocycles. The molecule has 9 nitrogen and oxygen atoms in total. The van der Waals surface area contributed by atoms with Crippen LogP contribution in [0.25, 0.3) is 11.9 Å². The Morgan fingerprint density at radius 3 is 2.53 bits per heavy atom. The van der Waals surface area contributed by atoms with E-state index in [0.29, 0.717) is 24.0 Å². The van der Waals surface area contributed by atoms with Gasteiger partial charge in [0.2, 0.25) is 21.1 Å². The minimum atomic E-state index is -3.53. The molecule has 1 aliphatic heterocycles. The van der Waals surface area contributed by atoms with Gasteiger partial charge in [-0.15, -0.1) is 5.10 Å². The van der Waals surface area contributed by atoms with Crippen molar-refractivity contribution in [2.24, 2.45) is 0 Å². The Kier molecular flexibility index (Phi) is 6.58. The average molecular weight is 473 g/mol. The van der Waals surface area contributed by atoms with Crippen molar-refractivity contribution in [3.63, 3.8) is 0 Å². The molecule has 4 rings (SSSR count). The van der Waals surface area contributed by atoms with Crippen molar-refractivity contribution in [2.75, 3.05) is 31.9 Å². The zero-order chi connectivity index (χ0) is 22.7. The normalized spacial score (nSPS) is 15.6. The summed E-state index contributed by atoms with van der Waals surface area (Å²) in [7, 11) is -3.53. The first-order chi connectivity index (χ1) is 15.3. The van der Waals surface area contributed by atoms with Crippen molar-refractivity contribution in [2.45, 2.75) is 19.0 Å². The van der Waals surface area contributed by atoms with Crippen LogP contribution in [0.15, 0.2) is 47.0 Å². The predicted octanol–water partition coefficient (Wildman–Crippen LogP) is 1.98. The van der Waals surface area contributed by atoms with Gasteiger partial charge in [0.15, 0.2) is 0 Å². The number of hydrogen-bond acceptors (Lipinski definition) is 7. The summed E-state index contributed by atoms with van der Waals surface area (Å²) in [6.07, 6.45) is 1.59. The SMILES string of the molecule is Cc1cc(C)n2nc(SCC(=O)N3CCN(S(=O)(=O)C=Cc4ccccc4)CC3)nc2n1. The van der Waals surface area contributed by atoms with E-state index in [2.05, 4.69) is 15.1 Å². The van der Waals surface area contributed by atoms with Crippen LogP contribution in [-0.2, 0) is 14.8 Å². The van der Waals surface area contributed by atoms with Crippen LogP contribution in [0.5, 0.6) is 0 Å². The molecule has 0 N–H and O–H groups in total. The number of nitrogens with zero attached hydrogens (tertiary/aromatic N) is 6. The van der Waals surface area contributed by atoms with Crippen LogP contribution in [0.4, 0.5) is 0 Å². The van der Waals surface area contributed by atoms with E-state index < -0.39 is 10.0 Å². The molecule has 0 aliphatic carbocycles. The molecule has 1 amide bonds. The van der Waals surface area contributed by atoms with Crippen LogP contribution in [0.2, 0.25) is 0 Å². The minimum Gasteiger partial charge on any atom is -0.339 e. The molecule has 0 spiro atoms. The molecule has 3 heterocycles. The number of aryl methyl sites for hydroxylation is 2. The average Bonchev–Trinajstić information content (AvgIpc) is 3.20. The zero-order valence-corrected chi connectivity index (χ0v) is 19.5. The van der Waals surface area contributed by atoms with Crippen molar-refractivity contribution >= 4 is 39.5 Å². The Morgan fingerprint density at radius 2 is 1.81 bits per heavy atom. The lowest BCUT2D eigenvalue weighted by atomic mass is 10.2. The Morgan fingerprint density at radius 1 is 1.09 bits per heavy atom. The summed E-state index contributed by atoms with van der Waals surface area (Å²) >= 11 is 1.26. The molecule has 0 bridgehead atoms. The molecule has 0 radical (unpaired) electrons. The number of hydrogen-bond donors (Lipinski definition) is 0. The first-order valence-corrected chi connectivity index (χ1v) is 12.7.